The van der Waals surface area contributed by atoms with Crippen LogP contribution in [0.2, 0.25) is 0 Å². The summed E-state index contributed by atoms with van der Waals surface area (Å²) in [6, 6.07) is 13.7. The van der Waals surface area contributed by atoms with Gasteiger partial charge in [0.25, 0.3) is 5.91 Å². The Kier molecular flexibility index (Phi) is 6.80. The van der Waals surface area contributed by atoms with E-state index in [1.165, 1.54) is 57.2 Å². The van der Waals surface area contributed by atoms with E-state index in [0.29, 0.717) is 11.6 Å². The maximum atomic E-state index is 14.3. The summed E-state index contributed by atoms with van der Waals surface area (Å²) >= 11 is 0. The van der Waals surface area contributed by atoms with E-state index in [4.69, 9.17) is 0 Å². The monoisotopic (exact) mass is 382 g/mol. The molecule has 1 aliphatic rings. The molecule has 2 aromatic rings. The normalized spacial score (nSPS) is 15.6. The van der Waals surface area contributed by atoms with Crippen LogP contribution in [-0.4, -0.2) is 11.8 Å². The third-order valence-corrected chi connectivity index (χ3v) is 5.33. The maximum absolute atomic E-state index is 14.3. The fourth-order valence-corrected chi connectivity index (χ4v) is 3.94. The molecule has 148 valence electrons. The van der Waals surface area contributed by atoms with E-state index in [0.717, 1.165) is 12.0 Å². The minimum absolute atomic E-state index is 0.0594. The van der Waals surface area contributed by atoms with Crippen LogP contribution >= 0.6 is 0 Å². The molecule has 0 aliphatic heterocycles. The van der Waals surface area contributed by atoms with Gasteiger partial charge in [-0.3, -0.25) is 9.59 Å². The number of anilines is 1. The maximum Gasteiger partial charge on any atom is 0.254 e. The molecule has 2 N–H and O–H groups in total. The van der Waals surface area contributed by atoms with E-state index < -0.39 is 11.7 Å². The lowest BCUT2D eigenvalue weighted by molar-refractivity contribution is -0.114. The van der Waals surface area contributed by atoms with Crippen molar-refractivity contribution in [1.82, 2.24) is 5.32 Å². The molecule has 0 saturated heterocycles. The van der Waals surface area contributed by atoms with Gasteiger partial charge in [0.2, 0.25) is 5.91 Å². The number of rotatable bonds is 6. The SMILES string of the molecule is CC(=O)Nc1ccc(F)c(C(=O)NC(CC2CCCCC2)c2ccccc2)c1. The van der Waals surface area contributed by atoms with E-state index in [9.17, 15) is 14.0 Å². The zero-order valence-corrected chi connectivity index (χ0v) is 16.2. The van der Waals surface area contributed by atoms with Gasteiger partial charge in [-0.2, -0.15) is 0 Å². The van der Waals surface area contributed by atoms with Gasteiger partial charge < -0.3 is 10.6 Å². The molecule has 4 nitrogen and oxygen atoms in total. The highest BCUT2D eigenvalue weighted by Crippen LogP contribution is 2.32. The highest BCUT2D eigenvalue weighted by atomic mass is 19.1. The van der Waals surface area contributed by atoms with Crippen molar-refractivity contribution in [3.63, 3.8) is 0 Å². The van der Waals surface area contributed by atoms with Crippen LogP contribution in [0.5, 0.6) is 0 Å². The number of amides is 2. The lowest BCUT2D eigenvalue weighted by Gasteiger charge is -2.27. The number of halogens is 1. The smallest absolute Gasteiger partial charge is 0.254 e. The number of benzene rings is 2. The number of carbonyl (C=O) groups excluding carboxylic acids is 2. The molecule has 28 heavy (non-hydrogen) atoms. The molecule has 0 radical (unpaired) electrons. The fourth-order valence-electron chi connectivity index (χ4n) is 3.94. The van der Waals surface area contributed by atoms with Crippen molar-refractivity contribution in [3.05, 3.63) is 65.5 Å². The Labute approximate surface area is 165 Å². The average Bonchev–Trinajstić information content (AvgIpc) is 2.70. The van der Waals surface area contributed by atoms with Crippen LogP contribution in [0, 0.1) is 11.7 Å². The summed E-state index contributed by atoms with van der Waals surface area (Å²) in [5.41, 5.74) is 1.37. The Morgan fingerprint density at radius 3 is 2.46 bits per heavy atom. The van der Waals surface area contributed by atoms with E-state index in [1.54, 1.807) is 0 Å². The molecule has 2 amide bonds. The highest BCUT2D eigenvalue weighted by molar-refractivity contribution is 5.97. The summed E-state index contributed by atoms with van der Waals surface area (Å²) < 4.78 is 14.3. The van der Waals surface area contributed by atoms with Crippen LogP contribution in [-0.2, 0) is 4.79 Å². The molecule has 1 saturated carbocycles. The largest absolute Gasteiger partial charge is 0.345 e. The molecule has 3 rings (SSSR count). The van der Waals surface area contributed by atoms with Crippen LogP contribution in [0.15, 0.2) is 48.5 Å². The first-order chi connectivity index (χ1) is 13.5. The second-order valence-electron chi connectivity index (χ2n) is 7.55. The highest BCUT2D eigenvalue weighted by Gasteiger charge is 2.23. The molecule has 1 atom stereocenters. The summed E-state index contributed by atoms with van der Waals surface area (Å²) in [6.07, 6.45) is 6.93. The second-order valence-corrected chi connectivity index (χ2v) is 7.55. The summed E-state index contributed by atoms with van der Waals surface area (Å²) in [4.78, 5) is 24.1. The average molecular weight is 382 g/mol. The summed E-state index contributed by atoms with van der Waals surface area (Å²) in [7, 11) is 0. The van der Waals surface area contributed by atoms with Gasteiger partial charge >= 0.3 is 0 Å². The number of hydrogen-bond donors (Lipinski definition) is 2. The topological polar surface area (TPSA) is 58.2 Å². The van der Waals surface area contributed by atoms with Crippen molar-refractivity contribution < 1.29 is 14.0 Å². The minimum Gasteiger partial charge on any atom is -0.345 e. The third-order valence-electron chi connectivity index (χ3n) is 5.33. The Morgan fingerprint density at radius 1 is 1.07 bits per heavy atom. The minimum atomic E-state index is -0.601. The van der Waals surface area contributed by atoms with Gasteiger partial charge in [0.05, 0.1) is 11.6 Å². The van der Waals surface area contributed by atoms with Crippen LogP contribution in [0.3, 0.4) is 0 Å². The third kappa shape index (κ3) is 5.41. The number of carbonyl (C=O) groups is 2. The molecule has 1 unspecified atom stereocenters. The fraction of sp³-hybridized carbons (Fsp3) is 0.391. The van der Waals surface area contributed by atoms with Gasteiger partial charge in [-0.1, -0.05) is 62.4 Å². The van der Waals surface area contributed by atoms with Crippen LogP contribution in [0.4, 0.5) is 10.1 Å². The molecule has 2 aromatic carbocycles. The molecular formula is C23H27FN2O2. The Hall–Kier alpha value is -2.69. The van der Waals surface area contributed by atoms with Crippen LogP contribution in [0.25, 0.3) is 0 Å². The van der Waals surface area contributed by atoms with Gasteiger partial charge in [-0.05, 0) is 36.1 Å². The van der Waals surface area contributed by atoms with Gasteiger partial charge in [0.15, 0.2) is 0 Å². The van der Waals surface area contributed by atoms with Gasteiger partial charge in [0, 0.05) is 12.6 Å². The van der Waals surface area contributed by atoms with Crippen LogP contribution in [0.1, 0.15) is 67.4 Å². The standard InChI is InChI=1S/C23H27FN2O2/c1-16(27)25-19-12-13-21(24)20(15-19)23(28)26-22(18-10-6-3-7-11-18)14-17-8-4-2-5-9-17/h3,6-7,10-13,15,17,22H,2,4-5,8-9,14H2,1H3,(H,25,27)(H,26,28). The Balaban J connectivity index is 1.79. The zero-order valence-electron chi connectivity index (χ0n) is 16.2. The van der Waals surface area contributed by atoms with E-state index in [1.807, 2.05) is 30.3 Å². The van der Waals surface area contributed by atoms with Gasteiger partial charge in [-0.25, -0.2) is 4.39 Å². The quantitative estimate of drug-likeness (QED) is 0.719. The Bertz CT molecular complexity index is 817. The van der Waals surface area contributed by atoms with Crippen molar-refractivity contribution in [1.29, 1.82) is 0 Å². The first-order valence-corrected chi connectivity index (χ1v) is 9.96. The van der Waals surface area contributed by atoms with E-state index in [2.05, 4.69) is 10.6 Å². The van der Waals surface area contributed by atoms with E-state index in [-0.39, 0.29) is 17.5 Å². The molecule has 0 spiro atoms. The molecule has 1 fully saturated rings. The summed E-state index contributed by atoms with van der Waals surface area (Å²) in [6.45, 7) is 1.37. The molecule has 0 heterocycles. The van der Waals surface area contributed by atoms with Crippen molar-refractivity contribution in [2.45, 2.75) is 51.5 Å². The van der Waals surface area contributed by atoms with Crippen molar-refractivity contribution >= 4 is 17.5 Å². The predicted octanol–water partition coefficient (Wildman–Crippen LogP) is 5.23. The summed E-state index contributed by atoms with van der Waals surface area (Å²) in [5, 5.41) is 5.62. The number of nitrogens with one attached hydrogen (secondary N) is 2. The van der Waals surface area contributed by atoms with Crippen molar-refractivity contribution in [3.8, 4) is 0 Å². The second kappa shape index (κ2) is 9.49. The lowest BCUT2D eigenvalue weighted by Crippen LogP contribution is -2.31. The Morgan fingerprint density at radius 2 is 1.79 bits per heavy atom. The predicted molar refractivity (Wildman–Crippen MR) is 109 cm³/mol. The van der Waals surface area contributed by atoms with Crippen LogP contribution < -0.4 is 10.6 Å². The number of hydrogen-bond acceptors (Lipinski definition) is 2. The molecule has 0 bridgehead atoms. The van der Waals surface area contributed by atoms with Crippen molar-refractivity contribution in [2.75, 3.05) is 5.32 Å². The first-order valence-electron chi connectivity index (χ1n) is 9.96. The summed E-state index contributed by atoms with van der Waals surface area (Å²) in [5.74, 6) is -0.766. The first kappa shape index (κ1) is 20.1. The molecule has 5 heteroatoms. The molecule has 1 aliphatic carbocycles. The molecular weight excluding hydrogens is 355 g/mol. The van der Waals surface area contributed by atoms with E-state index >= 15 is 0 Å². The van der Waals surface area contributed by atoms with Gasteiger partial charge in [0.1, 0.15) is 5.82 Å². The zero-order chi connectivity index (χ0) is 19.9. The van der Waals surface area contributed by atoms with Crippen molar-refractivity contribution in [2.24, 2.45) is 5.92 Å². The lowest BCUT2D eigenvalue weighted by atomic mass is 9.83. The molecule has 0 aromatic heterocycles. The van der Waals surface area contributed by atoms with Gasteiger partial charge in [-0.15, -0.1) is 0 Å².